The van der Waals surface area contributed by atoms with E-state index in [0.29, 0.717) is 28.5 Å². The molecule has 3 aromatic heterocycles. The summed E-state index contributed by atoms with van der Waals surface area (Å²) < 4.78 is 6.48. The molecule has 0 aliphatic rings. The molecular formula is C15H13ClN4O2. The van der Waals surface area contributed by atoms with Crippen molar-refractivity contribution in [1.29, 1.82) is 0 Å². The summed E-state index contributed by atoms with van der Waals surface area (Å²) in [6.45, 7) is 2.25. The molecule has 0 radical (unpaired) electrons. The molecule has 0 fully saturated rings. The van der Waals surface area contributed by atoms with Crippen LogP contribution in [0, 0.1) is 6.92 Å². The van der Waals surface area contributed by atoms with E-state index in [-0.39, 0.29) is 5.97 Å². The molecular weight excluding hydrogens is 304 g/mol. The molecule has 7 heteroatoms. The fourth-order valence-electron chi connectivity index (χ4n) is 2.17. The van der Waals surface area contributed by atoms with Crippen LogP contribution in [-0.4, -0.2) is 32.8 Å². The molecule has 0 amide bonds. The zero-order chi connectivity index (χ0) is 15.7. The Kier molecular flexibility index (Phi) is 3.77. The van der Waals surface area contributed by atoms with E-state index in [1.807, 2.05) is 13.1 Å². The van der Waals surface area contributed by atoms with Crippen LogP contribution in [0.1, 0.15) is 21.6 Å². The van der Waals surface area contributed by atoms with Gasteiger partial charge in [0.2, 0.25) is 0 Å². The number of rotatable bonds is 3. The second-order valence-electron chi connectivity index (χ2n) is 4.88. The predicted octanol–water partition coefficient (Wildman–Crippen LogP) is 2.62. The van der Waals surface area contributed by atoms with E-state index in [9.17, 15) is 4.79 Å². The number of pyridine rings is 2. The summed E-state index contributed by atoms with van der Waals surface area (Å²) in [4.78, 5) is 20.2. The number of hydrogen-bond acceptors (Lipinski definition) is 5. The minimum Gasteiger partial charge on any atom is -0.465 e. The zero-order valence-corrected chi connectivity index (χ0v) is 12.8. The van der Waals surface area contributed by atoms with Gasteiger partial charge in [0.05, 0.1) is 29.9 Å². The highest BCUT2D eigenvalue weighted by atomic mass is 35.5. The molecule has 3 aromatic rings. The Bertz CT molecular complexity index is 860. The van der Waals surface area contributed by atoms with Crippen molar-refractivity contribution in [1.82, 2.24) is 19.7 Å². The lowest BCUT2D eigenvalue weighted by Gasteiger charge is -2.06. The predicted molar refractivity (Wildman–Crippen MR) is 82.0 cm³/mol. The third-order valence-corrected chi connectivity index (χ3v) is 3.47. The molecule has 6 nitrogen and oxygen atoms in total. The highest BCUT2D eigenvalue weighted by Gasteiger charge is 2.11. The molecule has 0 saturated carbocycles. The van der Waals surface area contributed by atoms with E-state index >= 15 is 0 Å². The lowest BCUT2D eigenvalue weighted by Crippen LogP contribution is -2.08. The minimum atomic E-state index is -0.375. The Morgan fingerprint density at radius 3 is 2.91 bits per heavy atom. The number of hydrogen-bond donors (Lipinski definition) is 0. The molecule has 0 unspecified atom stereocenters. The lowest BCUT2D eigenvalue weighted by atomic mass is 10.1. The summed E-state index contributed by atoms with van der Waals surface area (Å²) >= 11 is 5.91. The average Bonchev–Trinajstić information content (AvgIpc) is 2.89. The van der Waals surface area contributed by atoms with Gasteiger partial charge in [-0.3, -0.25) is 9.67 Å². The maximum Gasteiger partial charge on any atom is 0.338 e. The standard InChI is InChI=1S/C15H13ClN4O2/c1-9-5-17-12(4-13(9)15(21)22-2)8-20-7-10-3-11(16)6-18-14(10)19-20/h3-7H,8H2,1-2H3. The average molecular weight is 317 g/mol. The lowest BCUT2D eigenvalue weighted by molar-refractivity contribution is 0.0599. The van der Waals surface area contributed by atoms with Crippen molar-refractivity contribution >= 4 is 28.6 Å². The van der Waals surface area contributed by atoms with Crippen LogP contribution < -0.4 is 0 Å². The van der Waals surface area contributed by atoms with Gasteiger partial charge in [0.1, 0.15) is 0 Å². The quantitative estimate of drug-likeness (QED) is 0.695. The second-order valence-corrected chi connectivity index (χ2v) is 5.31. The number of aryl methyl sites for hydroxylation is 1. The Morgan fingerprint density at radius 2 is 2.14 bits per heavy atom. The first-order valence-electron chi connectivity index (χ1n) is 6.59. The number of carbonyl (C=O) groups excluding carboxylic acids is 1. The van der Waals surface area contributed by atoms with Gasteiger partial charge in [0.25, 0.3) is 0 Å². The van der Waals surface area contributed by atoms with Gasteiger partial charge < -0.3 is 4.74 Å². The van der Waals surface area contributed by atoms with Gasteiger partial charge in [-0.2, -0.15) is 5.10 Å². The summed E-state index contributed by atoms with van der Waals surface area (Å²) in [7, 11) is 1.36. The number of nitrogens with zero attached hydrogens (tertiary/aromatic N) is 4. The van der Waals surface area contributed by atoms with Crippen molar-refractivity contribution < 1.29 is 9.53 Å². The zero-order valence-electron chi connectivity index (χ0n) is 12.1. The molecule has 0 aromatic carbocycles. The van der Waals surface area contributed by atoms with Crippen LogP contribution in [0.5, 0.6) is 0 Å². The van der Waals surface area contributed by atoms with Gasteiger partial charge in [-0.1, -0.05) is 11.6 Å². The van der Waals surface area contributed by atoms with Crippen molar-refractivity contribution in [2.24, 2.45) is 0 Å². The molecule has 0 saturated heterocycles. The summed E-state index contributed by atoms with van der Waals surface area (Å²) in [5, 5.41) is 5.77. The largest absolute Gasteiger partial charge is 0.465 e. The van der Waals surface area contributed by atoms with Gasteiger partial charge in [-0.25, -0.2) is 9.78 Å². The summed E-state index contributed by atoms with van der Waals surface area (Å²) in [6, 6.07) is 3.52. The van der Waals surface area contributed by atoms with Crippen LogP contribution >= 0.6 is 11.6 Å². The van der Waals surface area contributed by atoms with E-state index in [0.717, 1.165) is 10.9 Å². The molecule has 22 heavy (non-hydrogen) atoms. The molecule has 3 heterocycles. The van der Waals surface area contributed by atoms with Crippen molar-refractivity contribution in [3.05, 3.63) is 52.6 Å². The van der Waals surface area contributed by atoms with Crippen LogP contribution in [0.4, 0.5) is 0 Å². The first kappa shape index (κ1) is 14.5. The van der Waals surface area contributed by atoms with Crippen molar-refractivity contribution in [3.8, 4) is 0 Å². The fourth-order valence-corrected chi connectivity index (χ4v) is 2.33. The molecule has 0 N–H and O–H groups in total. The van der Waals surface area contributed by atoms with Crippen LogP contribution in [0.25, 0.3) is 11.0 Å². The van der Waals surface area contributed by atoms with E-state index in [1.165, 1.54) is 7.11 Å². The normalized spacial score (nSPS) is 10.9. The molecule has 3 rings (SSSR count). The maximum absolute atomic E-state index is 11.7. The number of fused-ring (bicyclic) bond motifs is 1. The number of methoxy groups -OCH3 is 1. The first-order chi connectivity index (χ1) is 10.6. The van der Waals surface area contributed by atoms with E-state index in [1.54, 1.807) is 29.2 Å². The van der Waals surface area contributed by atoms with E-state index in [4.69, 9.17) is 16.3 Å². The molecule has 0 spiro atoms. The molecule has 0 aliphatic heterocycles. The highest BCUT2D eigenvalue weighted by molar-refractivity contribution is 6.31. The molecule has 112 valence electrons. The smallest absolute Gasteiger partial charge is 0.338 e. The summed E-state index contributed by atoms with van der Waals surface area (Å²) in [5.41, 5.74) is 2.61. The highest BCUT2D eigenvalue weighted by Crippen LogP contribution is 2.16. The monoisotopic (exact) mass is 316 g/mol. The van der Waals surface area contributed by atoms with Crippen LogP contribution in [0.3, 0.4) is 0 Å². The Morgan fingerprint density at radius 1 is 1.32 bits per heavy atom. The Balaban J connectivity index is 1.92. The van der Waals surface area contributed by atoms with E-state index < -0.39 is 0 Å². The fraction of sp³-hybridized carbons (Fsp3) is 0.200. The van der Waals surface area contributed by atoms with Gasteiger partial charge >= 0.3 is 5.97 Å². The van der Waals surface area contributed by atoms with Gasteiger partial charge in [-0.05, 0) is 24.6 Å². The van der Waals surface area contributed by atoms with Gasteiger partial charge in [0.15, 0.2) is 5.65 Å². The van der Waals surface area contributed by atoms with Crippen molar-refractivity contribution in [2.45, 2.75) is 13.5 Å². The van der Waals surface area contributed by atoms with E-state index in [2.05, 4.69) is 15.1 Å². The Labute approximate surface area is 131 Å². The number of carbonyl (C=O) groups is 1. The second kappa shape index (κ2) is 5.73. The minimum absolute atomic E-state index is 0.375. The van der Waals surface area contributed by atoms with Crippen LogP contribution in [-0.2, 0) is 11.3 Å². The number of halogens is 1. The van der Waals surface area contributed by atoms with Gasteiger partial charge in [-0.15, -0.1) is 0 Å². The maximum atomic E-state index is 11.7. The third-order valence-electron chi connectivity index (χ3n) is 3.26. The topological polar surface area (TPSA) is 69.9 Å². The molecule has 0 atom stereocenters. The molecule has 0 bridgehead atoms. The Hall–Kier alpha value is -2.47. The third kappa shape index (κ3) is 2.78. The number of aromatic nitrogens is 4. The SMILES string of the molecule is COC(=O)c1cc(Cn2cc3cc(Cl)cnc3n2)ncc1C. The van der Waals surface area contributed by atoms with Crippen molar-refractivity contribution in [3.63, 3.8) is 0 Å². The number of esters is 1. The number of ether oxygens (including phenoxy) is 1. The molecule has 0 aliphatic carbocycles. The summed E-state index contributed by atoms with van der Waals surface area (Å²) in [5.74, 6) is -0.375. The first-order valence-corrected chi connectivity index (χ1v) is 6.97. The van der Waals surface area contributed by atoms with Crippen LogP contribution in [0.15, 0.2) is 30.7 Å². The summed E-state index contributed by atoms with van der Waals surface area (Å²) in [6.07, 6.45) is 5.05. The van der Waals surface area contributed by atoms with Crippen molar-refractivity contribution in [2.75, 3.05) is 7.11 Å². The van der Waals surface area contributed by atoms with Gasteiger partial charge in [0, 0.05) is 24.0 Å². The van der Waals surface area contributed by atoms with Crippen LogP contribution in [0.2, 0.25) is 5.02 Å².